The van der Waals surface area contributed by atoms with Crippen LogP contribution in [-0.4, -0.2) is 21.7 Å². The number of anilines is 2. The Hall–Kier alpha value is -3.72. The average Bonchev–Trinajstić information content (AvgIpc) is 3.35. The molecule has 0 aliphatic carbocycles. The maximum absolute atomic E-state index is 11.1. The zero-order valence-electron chi connectivity index (χ0n) is 14.3. The number of benzene rings is 2. The molecule has 5 rings (SSSR count). The summed E-state index contributed by atoms with van der Waals surface area (Å²) in [6.07, 6.45) is 1.49. The summed E-state index contributed by atoms with van der Waals surface area (Å²) in [6, 6.07) is 12.1. The van der Waals surface area contributed by atoms with E-state index in [1.54, 1.807) is 12.1 Å². The van der Waals surface area contributed by atoms with Crippen molar-refractivity contribution in [3.63, 3.8) is 0 Å². The molecule has 0 unspecified atom stereocenters. The van der Waals surface area contributed by atoms with E-state index in [1.807, 2.05) is 29.6 Å². The maximum Gasteiger partial charge on any atom is 0.270 e. The lowest BCUT2D eigenvalue weighted by Gasteiger charge is -2.09. The molecule has 8 nitrogen and oxygen atoms in total. The van der Waals surface area contributed by atoms with Crippen LogP contribution in [0.1, 0.15) is 0 Å². The molecule has 0 saturated carbocycles. The molecule has 9 heteroatoms. The molecule has 0 spiro atoms. The van der Waals surface area contributed by atoms with E-state index in [1.165, 1.54) is 23.7 Å². The third kappa shape index (κ3) is 2.78. The molecule has 1 aliphatic heterocycles. The van der Waals surface area contributed by atoms with E-state index in [2.05, 4.69) is 15.3 Å². The van der Waals surface area contributed by atoms with Crippen molar-refractivity contribution in [1.82, 2.24) is 9.97 Å². The second-order valence-electron chi connectivity index (χ2n) is 6.05. The van der Waals surface area contributed by atoms with Crippen molar-refractivity contribution in [3.05, 3.63) is 64.3 Å². The first-order valence-electron chi connectivity index (χ1n) is 8.33. The summed E-state index contributed by atoms with van der Waals surface area (Å²) >= 11 is 1.46. The van der Waals surface area contributed by atoms with Gasteiger partial charge in [-0.05, 0) is 17.7 Å². The highest BCUT2D eigenvalue weighted by Gasteiger charge is 2.17. The highest BCUT2D eigenvalue weighted by molar-refractivity contribution is 7.17. The first-order valence-corrected chi connectivity index (χ1v) is 9.21. The molecule has 3 heterocycles. The summed E-state index contributed by atoms with van der Waals surface area (Å²) in [5.41, 5.74) is 2.41. The average molecular weight is 392 g/mol. The summed E-state index contributed by atoms with van der Waals surface area (Å²) in [5.74, 6) is 1.98. The van der Waals surface area contributed by atoms with Crippen molar-refractivity contribution in [2.75, 3.05) is 12.1 Å². The van der Waals surface area contributed by atoms with Gasteiger partial charge in [0, 0.05) is 34.8 Å². The third-order valence-corrected chi connectivity index (χ3v) is 5.26. The van der Waals surface area contributed by atoms with Crippen LogP contribution in [0, 0.1) is 10.1 Å². The van der Waals surface area contributed by atoms with Gasteiger partial charge in [0.2, 0.25) is 6.79 Å². The fourth-order valence-corrected chi connectivity index (χ4v) is 4.00. The van der Waals surface area contributed by atoms with Gasteiger partial charge in [0.25, 0.3) is 5.69 Å². The number of hydrogen-bond acceptors (Lipinski definition) is 8. The van der Waals surface area contributed by atoms with Crippen LogP contribution in [0.4, 0.5) is 17.2 Å². The van der Waals surface area contributed by atoms with Gasteiger partial charge in [-0.1, -0.05) is 12.1 Å². The summed E-state index contributed by atoms with van der Waals surface area (Å²) in [7, 11) is 0. The van der Waals surface area contributed by atoms with Crippen LogP contribution in [0.2, 0.25) is 0 Å². The van der Waals surface area contributed by atoms with Crippen LogP contribution in [0.5, 0.6) is 11.5 Å². The van der Waals surface area contributed by atoms with Gasteiger partial charge in [0.05, 0.1) is 10.3 Å². The quantitative estimate of drug-likeness (QED) is 0.395. The number of thiophene rings is 1. The zero-order valence-corrected chi connectivity index (χ0v) is 15.1. The number of nitrogens with zero attached hydrogens (tertiary/aromatic N) is 3. The van der Waals surface area contributed by atoms with E-state index in [-0.39, 0.29) is 12.5 Å². The Morgan fingerprint density at radius 1 is 1.11 bits per heavy atom. The van der Waals surface area contributed by atoms with Crippen LogP contribution < -0.4 is 14.8 Å². The molecule has 2 aromatic heterocycles. The lowest BCUT2D eigenvalue weighted by molar-refractivity contribution is -0.384. The number of nitro groups is 1. The number of ether oxygens (including phenoxy) is 2. The van der Waals surface area contributed by atoms with Gasteiger partial charge < -0.3 is 14.8 Å². The van der Waals surface area contributed by atoms with E-state index >= 15 is 0 Å². The van der Waals surface area contributed by atoms with Crippen LogP contribution in [0.25, 0.3) is 21.3 Å². The molecule has 0 atom stereocenters. The van der Waals surface area contributed by atoms with Crippen molar-refractivity contribution in [2.45, 2.75) is 0 Å². The van der Waals surface area contributed by atoms with Crippen LogP contribution >= 0.6 is 11.3 Å². The molecule has 1 aliphatic rings. The van der Waals surface area contributed by atoms with E-state index in [0.29, 0.717) is 17.3 Å². The molecule has 1 N–H and O–H groups in total. The largest absolute Gasteiger partial charge is 0.454 e. The summed E-state index contributed by atoms with van der Waals surface area (Å²) in [4.78, 5) is 20.2. The van der Waals surface area contributed by atoms with Crippen molar-refractivity contribution >= 4 is 38.7 Å². The Labute approximate surface area is 162 Å². The molecule has 0 fully saturated rings. The van der Waals surface area contributed by atoms with Crippen LogP contribution in [0.3, 0.4) is 0 Å². The number of hydrogen-bond donors (Lipinski definition) is 1. The second kappa shape index (κ2) is 6.46. The monoisotopic (exact) mass is 392 g/mol. The fraction of sp³-hybridized carbons (Fsp3) is 0.0526. The Kier molecular flexibility index (Phi) is 3.80. The number of non-ortho nitro benzene ring substituents is 1. The summed E-state index contributed by atoms with van der Waals surface area (Å²) in [6.45, 7) is 0.206. The topological polar surface area (TPSA) is 99.4 Å². The van der Waals surface area contributed by atoms with Crippen molar-refractivity contribution in [2.24, 2.45) is 0 Å². The Balaban J connectivity index is 1.60. The number of fused-ring (bicyclic) bond motifs is 2. The van der Waals surface area contributed by atoms with E-state index in [9.17, 15) is 10.1 Å². The fourth-order valence-electron chi connectivity index (χ4n) is 3.08. The molecule has 138 valence electrons. The van der Waals surface area contributed by atoms with E-state index < -0.39 is 4.92 Å². The Morgan fingerprint density at radius 2 is 2.00 bits per heavy atom. The first-order chi connectivity index (χ1) is 13.7. The van der Waals surface area contributed by atoms with Gasteiger partial charge >= 0.3 is 0 Å². The second-order valence-corrected chi connectivity index (χ2v) is 6.91. The Morgan fingerprint density at radius 3 is 2.89 bits per heavy atom. The molecule has 0 bridgehead atoms. The lowest BCUT2D eigenvalue weighted by atomic mass is 10.1. The molecule has 0 amide bonds. The number of rotatable bonds is 4. The molecule has 28 heavy (non-hydrogen) atoms. The van der Waals surface area contributed by atoms with Gasteiger partial charge in [0.15, 0.2) is 11.5 Å². The van der Waals surface area contributed by atoms with Gasteiger partial charge in [-0.25, -0.2) is 9.97 Å². The van der Waals surface area contributed by atoms with E-state index in [0.717, 1.165) is 27.0 Å². The molecule has 0 saturated heterocycles. The van der Waals surface area contributed by atoms with Crippen LogP contribution in [0.15, 0.2) is 54.2 Å². The SMILES string of the molecule is O=[N+]([O-])c1cccc(-c2csc3ncnc(Nc4ccc5c(c4)OCO5)c23)c1. The number of nitrogens with one attached hydrogen (secondary N) is 1. The van der Waals surface area contributed by atoms with Crippen LogP contribution in [-0.2, 0) is 0 Å². The number of aromatic nitrogens is 2. The highest BCUT2D eigenvalue weighted by Crippen LogP contribution is 2.40. The maximum atomic E-state index is 11.1. The summed E-state index contributed by atoms with van der Waals surface area (Å²) < 4.78 is 10.8. The van der Waals surface area contributed by atoms with E-state index in [4.69, 9.17) is 9.47 Å². The minimum Gasteiger partial charge on any atom is -0.454 e. The highest BCUT2D eigenvalue weighted by atomic mass is 32.1. The molecule has 4 aromatic rings. The zero-order chi connectivity index (χ0) is 19.1. The predicted molar refractivity (Wildman–Crippen MR) is 105 cm³/mol. The standard InChI is InChI=1S/C19H12N4O4S/c24-23(25)13-3-1-2-11(6-13)14-8-28-19-17(14)18(20-9-21-19)22-12-4-5-15-16(7-12)27-10-26-15/h1-9H,10H2,(H,20,21,22). The van der Waals surface area contributed by atoms with Gasteiger partial charge in [-0.3, -0.25) is 10.1 Å². The normalized spacial score (nSPS) is 12.3. The van der Waals surface area contributed by atoms with Gasteiger partial charge in [0.1, 0.15) is 17.0 Å². The van der Waals surface area contributed by atoms with Gasteiger partial charge in [-0.15, -0.1) is 11.3 Å². The molecule has 2 aromatic carbocycles. The predicted octanol–water partition coefficient (Wildman–Crippen LogP) is 4.74. The lowest BCUT2D eigenvalue weighted by Crippen LogP contribution is -1.96. The Bertz CT molecular complexity index is 1220. The third-order valence-electron chi connectivity index (χ3n) is 4.37. The number of nitro benzene ring substituents is 1. The molecular formula is C19H12N4O4S. The summed E-state index contributed by atoms with van der Waals surface area (Å²) in [5, 5.41) is 17.2. The van der Waals surface area contributed by atoms with Crippen molar-refractivity contribution in [3.8, 4) is 22.6 Å². The minimum atomic E-state index is -0.402. The smallest absolute Gasteiger partial charge is 0.270 e. The molecule has 0 radical (unpaired) electrons. The van der Waals surface area contributed by atoms with Crippen molar-refractivity contribution < 1.29 is 14.4 Å². The van der Waals surface area contributed by atoms with Gasteiger partial charge in [-0.2, -0.15) is 0 Å². The first kappa shape index (κ1) is 16.5. The molecular weight excluding hydrogens is 380 g/mol. The van der Waals surface area contributed by atoms with Crippen molar-refractivity contribution in [1.29, 1.82) is 0 Å². The minimum absolute atomic E-state index is 0.0407.